The van der Waals surface area contributed by atoms with Crippen molar-refractivity contribution in [2.24, 2.45) is 0 Å². The molecule has 3 rings (SSSR count). The van der Waals surface area contributed by atoms with Gasteiger partial charge >= 0.3 is 0 Å². The molecule has 0 bridgehead atoms. The van der Waals surface area contributed by atoms with Gasteiger partial charge in [0.2, 0.25) is 0 Å². The van der Waals surface area contributed by atoms with E-state index in [9.17, 15) is 10.2 Å². The van der Waals surface area contributed by atoms with Gasteiger partial charge in [-0.15, -0.1) is 0 Å². The number of hydrogen-bond acceptors (Lipinski definition) is 5. The van der Waals surface area contributed by atoms with Crippen molar-refractivity contribution in [1.29, 1.82) is 0 Å². The molecule has 1 aromatic carbocycles. The lowest BCUT2D eigenvalue weighted by Gasteiger charge is -2.34. The van der Waals surface area contributed by atoms with E-state index in [2.05, 4.69) is 41.8 Å². The third kappa shape index (κ3) is 3.91. The van der Waals surface area contributed by atoms with Crippen LogP contribution < -0.4 is 10.6 Å². The van der Waals surface area contributed by atoms with E-state index in [4.69, 9.17) is 4.74 Å². The van der Waals surface area contributed by atoms with Crippen molar-refractivity contribution in [3.8, 4) is 0 Å². The Hall–Kier alpha value is -1.14. The highest BCUT2D eigenvalue weighted by atomic mass is 16.5. The number of aliphatic hydroxyl groups is 2. The molecule has 24 heavy (non-hydrogen) atoms. The molecule has 134 valence electrons. The van der Waals surface area contributed by atoms with Crippen LogP contribution in [0.2, 0.25) is 0 Å². The van der Waals surface area contributed by atoms with Gasteiger partial charge in [0.25, 0.3) is 0 Å². The van der Waals surface area contributed by atoms with Gasteiger partial charge in [0.05, 0.1) is 12.7 Å². The van der Waals surface area contributed by atoms with Gasteiger partial charge in [-0.3, -0.25) is 0 Å². The van der Waals surface area contributed by atoms with E-state index in [-0.39, 0.29) is 12.1 Å². The van der Waals surface area contributed by atoms with Crippen molar-refractivity contribution in [1.82, 2.24) is 5.32 Å². The Morgan fingerprint density at radius 1 is 1.21 bits per heavy atom. The molecule has 2 aliphatic rings. The second kappa shape index (κ2) is 7.40. The molecule has 0 aromatic heterocycles. The molecule has 4 N–H and O–H groups in total. The minimum atomic E-state index is -1.10. The highest BCUT2D eigenvalue weighted by Gasteiger charge is 2.40. The number of aliphatic hydroxyl groups excluding tert-OH is 1. The van der Waals surface area contributed by atoms with Crippen molar-refractivity contribution < 1.29 is 14.9 Å². The number of ether oxygens (including phenoxy) is 1. The Bertz CT molecular complexity index is 537. The van der Waals surface area contributed by atoms with E-state index in [1.807, 2.05) is 0 Å². The number of hydrogen-bond donors (Lipinski definition) is 4. The van der Waals surface area contributed by atoms with Gasteiger partial charge < -0.3 is 25.6 Å². The first-order valence-electron chi connectivity index (χ1n) is 9.06. The van der Waals surface area contributed by atoms with Crippen LogP contribution in [0.5, 0.6) is 0 Å². The van der Waals surface area contributed by atoms with Gasteiger partial charge in [0.15, 0.2) is 0 Å². The van der Waals surface area contributed by atoms with Crippen LogP contribution in [0.1, 0.15) is 37.7 Å². The predicted octanol–water partition coefficient (Wildman–Crippen LogP) is 1.82. The maximum atomic E-state index is 10.4. The standard InChI is InChI=1S/C19H30N2O3/c1-15-6-2-3-7-16(15)21-18(8-4-5-9-18)13-20-12-17(22)19(23)10-11-24-14-19/h2-3,6-7,17,20-23H,4-5,8-14H2,1H3. The van der Waals surface area contributed by atoms with E-state index in [1.54, 1.807) is 0 Å². The summed E-state index contributed by atoms with van der Waals surface area (Å²) in [6, 6.07) is 8.37. The molecule has 5 heteroatoms. The van der Waals surface area contributed by atoms with Crippen molar-refractivity contribution in [2.45, 2.75) is 56.3 Å². The predicted molar refractivity (Wildman–Crippen MR) is 95.3 cm³/mol. The van der Waals surface area contributed by atoms with Gasteiger partial charge in [0.1, 0.15) is 5.60 Å². The first-order valence-corrected chi connectivity index (χ1v) is 9.06. The summed E-state index contributed by atoms with van der Waals surface area (Å²) in [4.78, 5) is 0. The van der Waals surface area contributed by atoms with Crippen LogP contribution >= 0.6 is 0 Å². The maximum absolute atomic E-state index is 10.4. The summed E-state index contributed by atoms with van der Waals surface area (Å²) in [5.41, 5.74) is 1.37. The molecule has 1 saturated carbocycles. The molecular formula is C19H30N2O3. The van der Waals surface area contributed by atoms with Crippen molar-refractivity contribution in [2.75, 3.05) is 31.6 Å². The average Bonchev–Trinajstić information content (AvgIpc) is 3.20. The third-order valence-corrected chi connectivity index (χ3v) is 5.56. The van der Waals surface area contributed by atoms with Gasteiger partial charge in [-0.05, 0) is 31.4 Å². The number of para-hydroxylation sites is 1. The first-order chi connectivity index (χ1) is 11.5. The van der Waals surface area contributed by atoms with Gasteiger partial charge in [-0.1, -0.05) is 31.0 Å². The fourth-order valence-electron chi connectivity index (χ4n) is 3.87. The van der Waals surface area contributed by atoms with Crippen LogP contribution in [0.3, 0.4) is 0 Å². The van der Waals surface area contributed by atoms with E-state index >= 15 is 0 Å². The number of benzene rings is 1. The summed E-state index contributed by atoms with van der Waals surface area (Å²) in [6.07, 6.45) is 4.40. The SMILES string of the molecule is Cc1ccccc1NC1(CNCC(O)C2(O)CCOC2)CCCC1. The minimum Gasteiger partial charge on any atom is -0.389 e. The summed E-state index contributed by atoms with van der Waals surface area (Å²) >= 11 is 0. The van der Waals surface area contributed by atoms with E-state index in [0.29, 0.717) is 19.6 Å². The molecule has 1 aliphatic heterocycles. The van der Waals surface area contributed by atoms with Crippen molar-refractivity contribution in [3.63, 3.8) is 0 Å². The summed E-state index contributed by atoms with van der Waals surface area (Å²) < 4.78 is 5.22. The number of rotatable bonds is 7. The molecule has 2 fully saturated rings. The zero-order chi connectivity index (χ0) is 17.0. The number of nitrogens with one attached hydrogen (secondary N) is 2. The normalized spacial score (nSPS) is 27.3. The summed E-state index contributed by atoms with van der Waals surface area (Å²) in [7, 11) is 0. The quantitative estimate of drug-likeness (QED) is 0.612. The van der Waals surface area contributed by atoms with Gasteiger partial charge in [-0.2, -0.15) is 0 Å². The van der Waals surface area contributed by atoms with Crippen LogP contribution in [-0.2, 0) is 4.74 Å². The molecular weight excluding hydrogens is 304 g/mol. The molecule has 2 atom stereocenters. The zero-order valence-corrected chi connectivity index (χ0v) is 14.6. The van der Waals surface area contributed by atoms with E-state index in [0.717, 1.165) is 19.4 Å². The summed E-state index contributed by atoms with van der Waals surface area (Å²) in [6.45, 7) is 4.04. The van der Waals surface area contributed by atoms with Crippen LogP contribution in [0.25, 0.3) is 0 Å². The minimum absolute atomic E-state index is 0.0284. The van der Waals surface area contributed by atoms with E-state index in [1.165, 1.54) is 24.1 Å². The monoisotopic (exact) mass is 334 g/mol. The smallest absolute Gasteiger partial charge is 0.117 e. The van der Waals surface area contributed by atoms with Crippen LogP contribution in [0.4, 0.5) is 5.69 Å². The Morgan fingerprint density at radius 2 is 1.96 bits per heavy atom. The molecule has 5 nitrogen and oxygen atoms in total. The van der Waals surface area contributed by atoms with Crippen LogP contribution in [0.15, 0.2) is 24.3 Å². The Morgan fingerprint density at radius 3 is 2.62 bits per heavy atom. The molecule has 0 radical (unpaired) electrons. The average molecular weight is 334 g/mol. The second-order valence-electron chi connectivity index (χ2n) is 7.48. The fraction of sp³-hybridized carbons (Fsp3) is 0.684. The highest BCUT2D eigenvalue weighted by Crippen LogP contribution is 2.33. The molecule has 1 heterocycles. The lowest BCUT2D eigenvalue weighted by molar-refractivity contribution is -0.0749. The van der Waals surface area contributed by atoms with Crippen molar-refractivity contribution in [3.05, 3.63) is 29.8 Å². The first kappa shape index (κ1) is 17.7. The summed E-state index contributed by atoms with van der Waals surface area (Å²) in [5.74, 6) is 0. The molecule has 1 aliphatic carbocycles. The zero-order valence-electron chi connectivity index (χ0n) is 14.6. The fourth-order valence-corrected chi connectivity index (χ4v) is 3.87. The van der Waals surface area contributed by atoms with Gasteiger partial charge in [0, 0.05) is 37.3 Å². The third-order valence-electron chi connectivity index (χ3n) is 5.56. The molecule has 2 unspecified atom stereocenters. The van der Waals surface area contributed by atoms with Crippen LogP contribution in [-0.4, -0.2) is 53.8 Å². The number of aryl methyl sites for hydroxylation is 1. The highest BCUT2D eigenvalue weighted by molar-refractivity contribution is 5.52. The lowest BCUT2D eigenvalue weighted by Crippen LogP contribution is -2.52. The molecule has 1 aromatic rings. The lowest BCUT2D eigenvalue weighted by atomic mass is 9.94. The number of anilines is 1. The molecule has 0 spiro atoms. The van der Waals surface area contributed by atoms with Crippen LogP contribution in [0, 0.1) is 6.92 Å². The Labute approximate surface area is 144 Å². The van der Waals surface area contributed by atoms with Gasteiger partial charge in [-0.25, -0.2) is 0 Å². The second-order valence-corrected chi connectivity index (χ2v) is 7.48. The Kier molecular flexibility index (Phi) is 5.45. The van der Waals surface area contributed by atoms with E-state index < -0.39 is 11.7 Å². The van der Waals surface area contributed by atoms with Crippen molar-refractivity contribution >= 4 is 5.69 Å². The summed E-state index contributed by atoms with van der Waals surface area (Å²) in [5, 5.41) is 27.8. The molecule has 1 saturated heterocycles. The maximum Gasteiger partial charge on any atom is 0.117 e. The Balaban J connectivity index is 1.57. The topological polar surface area (TPSA) is 73.8 Å². The molecule has 0 amide bonds. The largest absolute Gasteiger partial charge is 0.389 e.